The van der Waals surface area contributed by atoms with E-state index in [-0.39, 0.29) is 11.7 Å². The van der Waals surface area contributed by atoms with E-state index in [4.69, 9.17) is 4.74 Å². The van der Waals surface area contributed by atoms with E-state index < -0.39 is 0 Å². The highest BCUT2D eigenvalue weighted by molar-refractivity contribution is 5.76. The van der Waals surface area contributed by atoms with Gasteiger partial charge >= 0.3 is 0 Å². The zero-order chi connectivity index (χ0) is 16.8. The van der Waals surface area contributed by atoms with Crippen LogP contribution in [0, 0.1) is 11.8 Å². The van der Waals surface area contributed by atoms with Crippen molar-refractivity contribution < 1.29 is 14.6 Å². The van der Waals surface area contributed by atoms with E-state index in [9.17, 15) is 9.90 Å². The Kier molecular flexibility index (Phi) is 6.28. The Morgan fingerprint density at radius 3 is 2.74 bits per heavy atom. The molecule has 0 spiro atoms. The van der Waals surface area contributed by atoms with Gasteiger partial charge in [0.1, 0.15) is 0 Å². The van der Waals surface area contributed by atoms with Gasteiger partial charge in [0.15, 0.2) is 11.5 Å². The number of ether oxygens (including phenoxy) is 1. The van der Waals surface area contributed by atoms with Crippen LogP contribution in [0.4, 0.5) is 0 Å². The first-order valence-electron chi connectivity index (χ1n) is 8.31. The third-order valence-corrected chi connectivity index (χ3v) is 4.77. The molecule has 1 aliphatic rings. The number of carbonyl (C=O) groups excluding carboxylic acids is 1. The summed E-state index contributed by atoms with van der Waals surface area (Å²) < 4.78 is 5.04. The molecule has 23 heavy (non-hydrogen) atoms. The zero-order valence-corrected chi connectivity index (χ0v) is 14.3. The molecular weight excluding hydrogens is 292 g/mol. The number of aromatic hydroxyl groups is 1. The van der Waals surface area contributed by atoms with Gasteiger partial charge in [-0.2, -0.15) is 0 Å². The maximum Gasteiger partial charge on any atom is 0.222 e. The van der Waals surface area contributed by atoms with Gasteiger partial charge in [0.05, 0.1) is 7.11 Å². The number of nitrogens with one attached hydrogen (secondary N) is 1. The van der Waals surface area contributed by atoms with Gasteiger partial charge in [-0.05, 0) is 55.5 Å². The molecule has 1 unspecified atom stereocenters. The summed E-state index contributed by atoms with van der Waals surface area (Å²) in [4.78, 5) is 14.2. The van der Waals surface area contributed by atoms with Crippen LogP contribution in [0.2, 0.25) is 0 Å². The second-order valence-electron chi connectivity index (χ2n) is 6.52. The Balaban J connectivity index is 1.87. The Hall–Kier alpha value is -1.75. The number of nitrogens with zero attached hydrogens (tertiary/aromatic N) is 1. The Bertz CT molecular complexity index is 527. The molecule has 1 aliphatic heterocycles. The molecule has 0 radical (unpaired) electrons. The predicted molar refractivity (Wildman–Crippen MR) is 90.5 cm³/mol. The van der Waals surface area contributed by atoms with E-state index in [0.717, 1.165) is 31.5 Å². The smallest absolute Gasteiger partial charge is 0.222 e. The SMILES string of the molecule is COc1ccc(CN(C)C(=O)CC(C)C2CCNCC2)cc1O. The summed E-state index contributed by atoms with van der Waals surface area (Å²) in [6.45, 7) is 4.80. The molecule has 1 heterocycles. The number of hydrogen-bond donors (Lipinski definition) is 2. The summed E-state index contributed by atoms with van der Waals surface area (Å²) in [5.41, 5.74) is 0.897. The number of amides is 1. The van der Waals surface area contributed by atoms with Crippen LogP contribution in [0.1, 0.15) is 31.7 Å². The van der Waals surface area contributed by atoms with E-state index >= 15 is 0 Å². The van der Waals surface area contributed by atoms with Crippen LogP contribution in [0.15, 0.2) is 18.2 Å². The zero-order valence-electron chi connectivity index (χ0n) is 14.3. The maximum absolute atomic E-state index is 12.4. The lowest BCUT2D eigenvalue weighted by atomic mass is 9.84. The molecule has 0 aromatic heterocycles. The van der Waals surface area contributed by atoms with Crippen LogP contribution in [0.5, 0.6) is 11.5 Å². The third-order valence-electron chi connectivity index (χ3n) is 4.77. The molecule has 1 amide bonds. The minimum atomic E-state index is 0.105. The van der Waals surface area contributed by atoms with E-state index in [1.54, 1.807) is 17.0 Å². The van der Waals surface area contributed by atoms with Crippen molar-refractivity contribution in [2.45, 2.75) is 32.7 Å². The Labute approximate surface area is 138 Å². The van der Waals surface area contributed by atoms with Crippen molar-refractivity contribution in [2.24, 2.45) is 11.8 Å². The lowest BCUT2D eigenvalue weighted by Crippen LogP contribution is -2.34. The molecule has 1 saturated heterocycles. The second-order valence-corrected chi connectivity index (χ2v) is 6.52. The van der Waals surface area contributed by atoms with Crippen LogP contribution in [0.3, 0.4) is 0 Å². The summed E-state index contributed by atoms with van der Waals surface area (Å²) in [6, 6.07) is 5.25. The van der Waals surface area contributed by atoms with Crippen molar-refractivity contribution in [1.82, 2.24) is 10.2 Å². The van der Waals surface area contributed by atoms with Gasteiger partial charge in [0.2, 0.25) is 5.91 Å². The van der Waals surface area contributed by atoms with E-state index in [1.165, 1.54) is 7.11 Å². The number of phenolic OH excluding ortho intramolecular Hbond substituents is 1. The lowest BCUT2D eigenvalue weighted by molar-refractivity contribution is -0.131. The number of phenols is 1. The molecule has 0 saturated carbocycles. The molecule has 1 atom stereocenters. The fourth-order valence-corrected chi connectivity index (χ4v) is 3.21. The fraction of sp³-hybridized carbons (Fsp3) is 0.611. The first-order chi connectivity index (χ1) is 11.0. The van der Waals surface area contributed by atoms with Crippen molar-refractivity contribution in [3.05, 3.63) is 23.8 Å². The molecule has 128 valence electrons. The number of piperidine rings is 1. The highest BCUT2D eigenvalue weighted by atomic mass is 16.5. The predicted octanol–water partition coefficient (Wildman–Crippen LogP) is 2.39. The van der Waals surface area contributed by atoms with Crippen molar-refractivity contribution in [3.8, 4) is 11.5 Å². The van der Waals surface area contributed by atoms with Gasteiger partial charge < -0.3 is 20.1 Å². The first-order valence-corrected chi connectivity index (χ1v) is 8.31. The minimum Gasteiger partial charge on any atom is -0.504 e. The molecule has 2 rings (SSSR count). The minimum absolute atomic E-state index is 0.105. The lowest BCUT2D eigenvalue weighted by Gasteiger charge is -2.29. The van der Waals surface area contributed by atoms with Gasteiger partial charge in [-0.3, -0.25) is 4.79 Å². The standard InChI is InChI=1S/C18H28N2O3/c1-13(15-6-8-19-9-7-15)10-18(22)20(2)12-14-4-5-17(23-3)16(21)11-14/h4-5,11,13,15,19,21H,6-10,12H2,1-3H3. The van der Waals surface area contributed by atoms with Crippen LogP contribution < -0.4 is 10.1 Å². The fourth-order valence-electron chi connectivity index (χ4n) is 3.21. The number of rotatable bonds is 6. The number of benzene rings is 1. The summed E-state index contributed by atoms with van der Waals surface area (Å²) in [6.07, 6.45) is 2.90. The van der Waals surface area contributed by atoms with Gasteiger partial charge in [-0.15, -0.1) is 0 Å². The molecule has 2 N–H and O–H groups in total. The molecule has 0 bridgehead atoms. The number of hydrogen-bond acceptors (Lipinski definition) is 4. The van der Waals surface area contributed by atoms with Crippen LogP contribution in [-0.4, -0.2) is 43.2 Å². The first kappa shape index (κ1) is 17.6. The summed E-state index contributed by atoms with van der Waals surface area (Å²) in [5.74, 6) is 1.76. The van der Waals surface area contributed by atoms with Gasteiger partial charge in [0, 0.05) is 20.0 Å². The Morgan fingerprint density at radius 1 is 1.43 bits per heavy atom. The second kappa shape index (κ2) is 8.20. The molecule has 5 heteroatoms. The van der Waals surface area contributed by atoms with Crippen molar-refractivity contribution in [1.29, 1.82) is 0 Å². The topological polar surface area (TPSA) is 61.8 Å². The molecular formula is C18H28N2O3. The number of carbonyl (C=O) groups is 1. The Morgan fingerprint density at radius 2 is 2.13 bits per heavy atom. The highest BCUT2D eigenvalue weighted by Crippen LogP contribution is 2.27. The molecule has 0 aliphatic carbocycles. The quantitative estimate of drug-likeness (QED) is 0.845. The molecule has 1 fully saturated rings. The van der Waals surface area contributed by atoms with Gasteiger partial charge in [-0.25, -0.2) is 0 Å². The monoisotopic (exact) mass is 320 g/mol. The van der Waals surface area contributed by atoms with E-state index in [0.29, 0.717) is 30.6 Å². The van der Waals surface area contributed by atoms with Crippen LogP contribution in [0.25, 0.3) is 0 Å². The van der Waals surface area contributed by atoms with Gasteiger partial charge in [0.25, 0.3) is 0 Å². The van der Waals surface area contributed by atoms with E-state index in [2.05, 4.69) is 12.2 Å². The maximum atomic E-state index is 12.4. The normalized spacial score (nSPS) is 16.8. The van der Waals surface area contributed by atoms with Gasteiger partial charge in [-0.1, -0.05) is 13.0 Å². The average Bonchev–Trinajstić information content (AvgIpc) is 2.55. The van der Waals surface area contributed by atoms with Crippen molar-refractivity contribution >= 4 is 5.91 Å². The largest absolute Gasteiger partial charge is 0.504 e. The number of methoxy groups -OCH3 is 1. The summed E-state index contributed by atoms with van der Waals surface area (Å²) in [7, 11) is 3.34. The third kappa shape index (κ3) is 4.86. The summed E-state index contributed by atoms with van der Waals surface area (Å²) in [5, 5.41) is 13.2. The molecule has 5 nitrogen and oxygen atoms in total. The van der Waals surface area contributed by atoms with Crippen molar-refractivity contribution in [2.75, 3.05) is 27.2 Å². The highest BCUT2D eigenvalue weighted by Gasteiger charge is 2.23. The van der Waals surface area contributed by atoms with Crippen molar-refractivity contribution in [3.63, 3.8) is 0 Å². The molecule has 1 aromatic rings. The van der Waals surface area contributed by atoms with E-state index in [1.807, 2.05) is 13.1 Å². The van der Waals surface area contributed by atoms with Crippen LogP contribution in [-0.2, 0) is 11.3 Å². The molecule has 1 aromatic carbocycles. The average molecular weight is 320 g/mol. The van der Waals surface area contributed by atoms with Crippen LogP contribution >= 0.6 is 0 Å². The summed E-state index contributed by atoms with van der Waals surface area (Å²) >= 11 is 0.